The molecule has 3 aromatic rings. The van der Waals surface area contributed by atoms with E-state index in [0.717, 1.165) is 16.8 Å². The number of anilines is 2. The minimum absolute atomic E-state index is 0.0836. The molecule has 6 heteroatoms. The van der Waals surface area contributed by atoms with Gasteiger partial charge in [0.2, 0.25) is 0 Å². The van der Waals surface area contributed by atoms with Gasteiger partial charge in [-0.3, -0.25) is 9.78 Å². The van der Waals surface area contributed by atoms with Crippen molar-refractivity contribution in [3.63, 3.8) is 0 Å². The Kier molecular flexibility index (Phi) is 6.16. The second kappa shape index (κ2) is 8.76. The van der Waals surface area contributed by atoms with Gasteiger partial charge in [-0.1, -0.05) is 41.9 Å². The minimum atomic E-state index is -0.275. The molecule has 0 spiro atoms. The standard InChI is InChI=1S/C22H22ClN3O2/c1-14-9-20(21(28-3)11-19(14)23)26-22(27)17-10-18(13-24-12-17)25-15(2)16-7-5-4-6-8-16/h4-13,15,25H,1-3H3,(H,26,27). The van der Waals surface area contributed by atoms with Crippen LogP contribution in [0.25, 0.3) is 0 Å². The van der Waals surface area contributed by atoms with E-state index in [1.165, 1.54) is 13.3 Å². The number of benzene rings is 2. The molecule has 1 unspecified atom stereocenters. The molecule has 0 saturated carbocycles. The van der Waals surface area contributed by atoms with Crippen molar-refractivity contribution in [3.05, 3.63) is 82.6 Å². The molecule has 5 nitrogen and oxygen atoms in total. The van der Waals surface area contributed by atoms with Crippen LogP contribution in [0.2, 0.25) is 5.02 Å². The van der Waals surface area contributed by atoms with Crippen LogP contribution in [-0.4, -0.2) is 18.0 Å². The highest BCUT2D eigenvalue weighted by Gasteiger charge is 2.13. The molecule has 0 bridgehead atoms. The highest BCUT2D eigenvalue weighted by molar-refractivity contribution is 6.31. The number of nitrogens with one attached hydrogen (secondary N) is 2. The number of amides is 1. The summed E-state index contributed by atoms with van der Waals surface area (Å²) in [6.07, 6.45) is 3.23. The molecule has 1 heterocycles. The number of aryl methyl sites for hydroxylation is 1. The normalized spacial score (nSPS) is 11.6. The first kappa shape index (κ1) is 19.7. The van der Waals surface area contributed by atoms with Gasteiger partial charge in [0.05, 0.1) is 24.0 Å². The van der Waals surface area contributed by atoms with Gasteiger partial charge < -0.3 is 15.4 Å². The number of rotatable bonds is 6. The van der Waals surface area contributed by atoms with Crippen molar-refractivity contribution in [3.8, 4) is 5.75 Å². The summed E-state index contributed by atoms with van der Waals surface area (Å²) in [5.41, 5.74) is 3.77. The Labute approximate surface area is 169 Å². The summed E-state index contributed by atoms with van der Waals surface area (Å²) < 4.78 is 5.32. The largest absolute Gasteiger partial charge is 0.495 e. The van der Waals surface area contributed by atoms with Crippen LogP contribution in [0, 0.1) is 6.92 Å². The lowest BCUT2D eigenvalue weighted by Crippen LogP contribution is -2.14. The first-order valence-electron chi connectivity index (χ1n) is 8.90. The van der Waals surface area contributed by atoms with Gasteiger partial charge in [0.1, 0.15) is 5.75 Å². The second-order valence-electron chi connectivity index (χ2n) is 6.49. The summed E-state index contributed by atoms with van der Waals surface area (Å²) in [6.45, 7) is 3.93. The summed E-state index contributed by atoms with van der Waals surface area (Å²) in [5, 5.41) is 6.82. The monoisotopic (exact) mass is 395 g/mol. The Hall–Kier alpha value is -3.05. The van der Waals surface area contributed by atoms with Gasteiger partial charge >= 0.3 is 0 Å². The maximum absolute atomic E-state index is 12.7. The van der Waals surface area contributed by atoms with Gasteiger partial charge in [-0.05, 0) is 37.1 Å². The summed E-state index contributed by atoms with van der Waals surface area (Å²) in [4.78, 5) is 16.9. The number of carbonyl (C=O) groups is 1. The average Bonchev–Trinajstić information content (AvgIpc) is 2.71. The lowest BCUT2D eigenvalue weighted by molar-refractivity contribution is 0.102. The van der Waals surface area contributed by atoms with Crippen molar-refractivity contribution in [1.82, 2.24) is 4.98 Å². The van der Waals surface area contributed by atoms with E-state index in [0.29, 0.717) is 22.0 Å². The summed E-state index contributed by atoms with van der Waals surface area (Å²) >= 11 is 6.13. The van der Waals surface area contributed by atoms with Crippen molar-refractivity contribution in [2.45, 2.75) is 19.9 Å². The van der Waals surface area contributed by atoms with Crippen molar-refractivity contribution in [1.29, 1.82) is 0 Å². The molecule has 0 radical (unpaired) electrons. The fraction of sp³-hybridized carbons (Fsp3) is 0.182. The second-order valence-corrected chi connectivity index (χ2v) is 6.90. The van der Waals surface area contributed by atoms with Crippen LogP contribution in [-0.2, 0) is 0 Å². The quantitative estimate of drug-likeness (QED) is 0.580. The van der Waals surface area contributed by atoms with E-state index in [1.54, 1.807) is 24.4 Å². The summed E-state index contributed by atoms with van der Waals surface area (Å²) in [5.74, 6) is 0.229. The number of hydrogen-bond acceptors (Lipinski definition) is 4. The number of hydrogen-bond donors (Lipinski definition) is 2. The van der Waals surface area contributed by atoms with E-state index in [9.17, 15) is 4.79 Å². The zero-order valence-corrected chi connectivity index (χ0v) is 16.7. The van der Waals surface area contributed by atoms with Crippen LogP contribution < -0.4 is 15.4 Å². The number of carbonyl (C=O) groups excluding carboxylic acids is 1. The highest BCUT2D eigenvalue weighted by Crippen LogP contribution is 2.31. The zero-order chi connectivity index (χ0) is 20.1. The summed E-state index contributed by atoms with van der Waals surface area (Å²) in [7, 11) is 1.54. The first-order valence-corrected chi connectivity index (χ1v) is 9.27. The molecule has 0 aliphatic rings. The Morgan fingerprint density at radius 2 is 1.89 bits per heavy atom. The molecule has 0 aliphatic heterocycles. The van der Waals surface area contributed by atoms with Crippen molar-refractivity contribution >= 4 is 28.9 Å². The Bertz CT molecular complexity index is 977. The zero-order valence-electron chi connectivity index (χ0n) is 16.0. The smallest absolute Gasteiger partial charge is 0.257 e. The molecule has 1 aromatic heterocycles. The van der Waals surface area contributed by atoms with E-state index in [2.05, 4.69) is 34.7 Å². The fourth-order valence-electron chi connectivity index (χ4n) is 2.84. The fourth-order valence-corrected chi connectivity index (χ4v) is 3.00. The number of halogens is 1. The number of ether oxygens (including phenoxy) is 1. The Morgan fingerprint density at radius 3 is 2.61 bits per heavy atom. The van der Waals surface area contributed by atoms with Gasteiger partial charge in [-0.15, -0.1) is 0 Å². The molecule has 2 aromatic carbocycles. The van der Waals surface area contributed by atoms with E-state index in [4.69, 9.17) is 16.3 Å². The minimum Gasteiger partial charge on any atom is -0.495 e. The topological polar surface area (TPSA) is 63.2 Å². The molecule has 0 fully saturated rings. The predicted molar refractivity (Wildman–Crippen MR) is 113 cm³/mol. The molecule has 0 aliphatic carbocycles. The Morgan fingerprint density at radius 1 is 1.14 bits per heavy atom. The van der Waals surface area contributed by atoms with E-state index in [1.807, 2.05) is 25.1 Å². The number of nitrogens with zero attached hydrogens (tertiary/aromatic N) is 1. The molecule has 3 rings (SSSR count). The number of pyridine rings is 1. The molecule has 144 valence electrons. The van der Waals surface area contributed by atoms with Gasteiger partial charge in [0, 0.05) is 29.5 Å². The van der Waals surface area contributed by atoms with Crippen LogP contribution >= 0.6 is 11.6 Å². The van der Waals surface area contributed by atoms with Crippen LogP contribution in [0.3, 0.4) is 0 Å². The van der Waals surface area contributed by atoms with Crippen molar-refractivity contribution in [2.75, 3.05) is 17.7 Å². The van der Waals surface area contributed by atoms with Gasteiger partial charge in [0.25, 0.3) is 5.91 Å². The van der Waals surface area contributed by atoms with E-state index >= 15 is 0 Å². The Balaban J connectivity index is 1.77. The average molecular weight is 396 g/mol. The third-order valence-electron chi connectivity index (χ3n) is 4.41. The van der Waals surface area contributed by atoms with Gasteiger partial charge in [0.15, 0.2) is 0 Å². The first-order chi connectivity index (χ1) is 13.5. The molecule has 28 heavy (non-hydrogen) atoms. The molecular formula is C22H22ClN3O2. The van der Waals surface area contributed by atoms with Crippen molar-refractivity contribution < 1.29 is 9.53 Å². The van der Waals surface area contributed by atoms with Crippen LogP contribution in [0.4, 0.5) is 11.4 Å². The van der Waals surface area contributed by atoms with Gasteiger partial charge in [-0.2, -0.15) is 0 Å². The van der Waals surface area contributed by atoms with Crippen LogP contribution in [0.15, 0.2) is 60.9 Å². The number of aromatic nitrogens is 1. The summed E-state index contributed by atoms with van der Waals surface area (Å²) in [6, 6.07) is 15.4. The lowest BCUT2D eigenvalue weighted by Gasteiger charge is -2.16. The molecule has 1 atom stereocenters. The van der Waals surface area contributed by atoms with Crippen LogP contribution in [0.5, 0.6) is 5.75 Å². The third-order valence-corrected chi connectivity index (χ3v) is 4.82. The predicted octanol–water partition coefficient (Wildman–Crippen LogP) is 5.48. The third kappa shape index (κ3) is 4.61. The molecule has 1 amide bonds. The maximum Gasteiger partial charge on any atom is 0.257 e. The lowest BCUT2D eigenvalue weighted by atomic mass is 10.1. The van der Waals surface area contributed by atoms with Crippen LogP contribution in [0.1, 0.15) is 34.5 Å². The van der Waals surface area contributed by atoms with E-state index in [-0.39, 0.29) is 11.9 Å². The van der Waals surface area contributed by atoms with E-state index < -0.39 is 0 Å². The maximum atomic E-state index is 12.7. The molecule has 2 N–H and O–H groups in total. The SMILES string of the molecule is COc1cc(Cl)c(C)cc1NC(=O)c1cncc(NC(C)c2ccccc2)c1. The number of methoxy groups -OCH3 is 1. The molecule has 0 saturated heterocycles. The van der Waals surface area contributed by atoms with Gasteiger partial charge in [-0.25, -0.2) is 0 Å². The highest BCUT2D eigenvalue weighted by atomic mass is 35.5. The van der Waals surface area contributed by atoms with Crippen molar-refractivity contribution in [2.24, 2.45) is 0 Å². The molecular weight excluding hydrogens is 374 g/mol.